The predicted octanol–water partition coefficient (Wildman–Crippen LogP) is 1.60. The van der Waals surface area contributed by atoms with Crippen LogP contribution in [0.15, 0.2) is 36.9 Å². The number of nitrogens with zero attached hydrogens (tertiary/aromatic N) is 4. The number of carbonyl (C=O) groups is 1. The van der Waals surface area contributed by atoms with Crippen LogP contribution in [-0.4, -0.2) is 25.3 Å². The molecule has 19 heavy (non-hydrogen) atoms. The standard InChI is InChI=1S/C13H11N5O/c1-8(19)9-2-4-10(5-3-9)18-7-17-11-12(14)15-6-16-13(11)18/h2-7H,1H3,(H2,14,15,16). The van der Waals surface area contributed by atoms with Gasteiger partial charge in [-0.05, 0) is 31.2 Å². The fourth-order valence-corrected chi connectivity index (χ4v) is 1.90. The minimum absolute atomic E-state index is 0.0357. The monoisotopic (exact) mass is 253 g/mol. The zero-order chi connectivity index (χ0) is 13.4. The summed E-state index contributed by atoms with van der Waals surface area (Å²) in [6, 6.07) is 7.23. The van der Waals surface area contributed by atoms with Gasteiger partial charge >= 0.3 is 0 Å². The summed E-state index contributed by atoms with van der Waals surface area (Å²) in [5.41, 5.74) is 8.48. The SMILES string of the molecule is CC(=O)c1ccc(-n2cnc3c(N)ncnc32)cc1. The van der Waals surface area contributed by atoms with E-state index < -0.39 is 0 Å². The molecule has 6 heteroatoms. The summed E-state index contributed by atoms with van der Waals surface area (Å²) in [7, 11) is 0. The zero-order valence-electron chi connectivity index (χ0n) is 10.2. The molecule has 3 aromatic rings. The van der Waals surface area contributed by atoms with E-state index in [1.165, 1.54) is 13.3 Å². The van der Waals surface area contributed by atoms with Gasteiger partial charge < -0.3 is 5.73 Å². The van der Waals surface area contributed by atoms with Crippen LogP contribution in [0.5, 0.6) is 0 Å². The van der Waals surface area contributed by atoms with Crippen LogP contribution in [0.1, 0.15) is 17.3 Å². The Labute approximate surface area is 108 Å². The van der Waals surface area contributed by atoms with Gasteiger partial charge in [-0.2, -0.15) is 0 Å². The predicted molar refractivity (Wildman–Crippen MR) is 71.1 cm³/mol. The number of rotatable bonds is 2. The number of imidazole rings is 1. The third-order valence-electron chi connectivity index (χ3n) is 2.91. The number of aromatic nitrogens is 4. The quantitative estimate of drug-likeness (QED) is 0.701. The Kier molecular flexibility index (Phi) is 2.49. The number of benzene rings is 1. The van der Waals surface area contributed by atoms with Crippen molar-refractivity contribution >= 4 is 22.8 Å². The van der Waals surface area contributed by atoms with E-state index in [1.807, 2.05) is 12.1 Å². The molecule has 2 N–H and O–H groups in total. The molecule has 0 fully saturated rings. The molecule has 0 amide bonds. The number of Topliss-reactive ketones (excluding diaryl/α,β-unsaturated/α-hetero) is 1. The largest absolute Gasteiger partial charge is 0.382 e. The lowest BCUT2D eigenvalue weighted by molar-refractivity contribution is 0.101. The minimum Gasteiger partial charge on any atom is -0.382 e. The fraction of sp³-hybridized carbons (Fsp3) is 0.0769. The van der Waals surface area contributed by atoms with E-state index in [1.54, 1.807) is 23.0 Å². The van der Waals surface area contributed by atoms with Gasteiger partial charge in [0, 0.05) is 11.3 Å². The van der Waals surface area contributed by atoms with Crippen LogP contribution in [0.2, 0.25) is 0 Å². The van der Waals surface area contributed by atoms with E-state index in [0.717, 1.165) is 5.69 Å². The van der Waals surface area contributed by atoms with Gasteiger partial charge in [-0.25, -0.2) is 15.0 Å². The third-order valence-corrected chi connectivity index (χ3v) is 2.91. The highest BCUT2D eigenvalue weighted by Gasteiger charge is 2.09. The van der Waals surface area contributed by atoms with Crippen LogP contribution >= 0.6 is 0 Å². The molecule has 0 unspecified atom stereocenters. The first kappa shape index (κ1) is 11.3. The van der Waals surface area contributed by atoms with Gasteiger partial charge in [0.05, 0.1) is 0 Å². The van der Waals surface area contributed by atoms with Crippen LogP contribution in [0.25, 0.3) is 16.9 Å². The van der Waals surface area contributed by atoms with E-state index in [0.29, 0.717) is 22.5 Å². The van der Waals surface area contributed by atoms with Crippen molar-refractivity contribution in [1.82, 2.24) is 19.5 Å². The van der Waals surface area contributed by atoms with Gasteiger partial charge in [0.1, 0.15) is 12.7 Å². The first-order valence-corrected chi connectivity index (χ1v) is 5.71. The summed E-state index contributed by atoms with van der Waals surface area (Å²) in [6.45, 7) is 1.54. The normalized spacial score (nSPS) is 10.8. The van der Waals surface area contributed by atoms with Gasteiger partial charge in [0.15, 0.2) is 22.8 Å². The zero-order valence-corrected chi connectivity index (χ0v) is 10.2. The molecule has 0 aliphatic heterocycles. The molecule has 0 aliphatic rings. The number of ketones is 1. The van der Waals surface area contributed by atoms with Crippen LogP contribution < -0.4 is 5.73 Å². The van der Waals surface area contributed by atoms with Gasteiger partial charge in [-0.3, -0.25) is 9.36 Å². The highest BCUT2D eigenvalue weighted by atomic mass is 16.1. The maximum Gasteiger partial charge on any atom is 0.170 e. The first-order valence-electron chi connectivity index (χ1n) is 5.71. The summed E-state index contributed by atoms with van der Waals surface area (Å²) in [5, 5.41) is 0. The molecule has 0 aliphatic carbocycles. The van der Waals surface area contributed by atoms with E-state index in [9.17, 15) is 4.79 Å². The fourth-order valence-electron chi connectivity index (χ4n) is 1.90. The second-order valence-corrected chi connectivity index (χ2v) is 4.15. The lowest BCUT2D eigenvalue weighted by atomic mass is 10.1. The maximum atomic E-state index is 11.2. The third kappa shape index (κ3) is 1.83. The lowest BCUT2D eigenvalue weighted by Crippen LogP contribution is -1.98. The molecule has 0 saturated heterocycles. The highest BCUT2D eigenvalue weighted by Crippen LogP contribution is 2.19. The van der Waals surface area contributed by atoms with E-state index in [2.05, 4.69) is 15.0 Å². The number of anilines is 1. The average molecular weight is 253 g/mol. The van der Waals surface area contributed by atoms with Crippen LogP contribution in [0, 0.1) is 0 Å². The topological polar surface area (TPSA) is 86.7 Å². The number of fused-ring (bicyclic) bond motifs is 1. The average Bonchev–Trinajstić information content (AvgIpc) is 2.84. The second kappa shape index (κ2) is 4.16. The Bertz CT molecular complexity index is 760. The maximum absolute atomic E-state index is 11.2. The molecule has 6 nitrogen and oxygen atoms in total. The van der Waals surface area contributed by atoms with Gasteiger partial charge in [0.2, 0.25) is 0 Å². The summed E-state index contributed by atoms with van der Waals surface area (Å²) < 4.78 is 1.80. The second-order valence-electron chi connectivity index (χ2n) is 4.15. The van der Waals surface area contributed by atoms with Crippen LogP contribution in [0.4, 0.5) is 5.82 Å². The van der Waals surface area contributed by atoms with Crippen LogP contribution in [-0.2, 0) is 0 Å². The lowest BCUT2D eigenvalue weighted by Gasteiger charge is -2.04. The highest BCUT2D eigenvalue weighted by molar-refractivity contribution is 5.94. The van der Waals surface area contributed by atoms with E-state index >= 15 is 0 Å². The van der Waals surface area contributed by atoms with Crippen molar-refractivity contribution in [3.05, 3.63) is 42.5 Å². The summed E-state index contributed by atoms with van der Waals surface area (Å²) in [6.07, 6.45) is 3.04. The Morgan fingerprint density at radius 1 is 1.16 bits per heavy atom. The molecule has 1 aromatic carbocycles. The summed E-state index contributed by atoms with van der Waals surface area (Å²) in [5.74, 6) is 0.387. The summed E-state index contributed by atoms with van der Waals surface area (Å²) in [4.78, 5) is 23.5. The number of nitrogens with two attached hydrogens (primary N) is 1. The van der Waals surface area contributed by atoms with E-state index in [-0.39, 0.29) is 5.78 Å². The number of carbonyl (C=O) groups excluding carboxylic acids is 1. The molecule has 94 valence electrons. The van der Waals surface area contributed by atoms with Crippen LogP contribution in [0.3, 0.4) is 0 Å². The van der Waals surface area contributed by atoms with Crippen molar-refractivity contribution in [2.75, 3.05) is 5.73 Å². The van der Waals surface area contributed by atoms with E-state index in [4.69, 9.17) is 5.73 Å². The summed E-state index contributed by atoms with van der Waals surface area (Å²) >= 11 is 0. The Hall–Kier alpha value is -2.76. The smallest absolute Gasteiger partial charge is 0.170 e. The molecule has 0 spiro atoms. The Morgan fingerprint density at radius 3 is 2.58 bits per heavy atom. The van der Waals surface area contributed by atoms with Gasteiger partial charge in [0.25, 0.3) is 0 Å². The Morgan fingerprint density at radius 2 is 1.89 bits per heavy atom. The molecule has 0 saturated carbocycles. The number of hydrogen-bond acceptors (Lipinski definition) is 5. The molecule has 0 atom stereocenters. The minimum atomic E-state index is 0.0357. The van der Waals surface area contributed by atoms with Crippen molar-refractivity contribution in [2.24, 2.45) is 0 Å². The van der Waals surface area contributed by atoms with Gasteiger partial charge in [-0.15, -0.1) is 0 Å². The molecule has 2 aromatic heterocycles. The van der Waals surface area contributed by atoms with Gasteiger partial charge in [-0.1, -0.05) is 0 Å². The molecular weight excluding hydrogens is 242 g/mol. The van der Waals surface area contributed by atoms with Crippen molar-refractivity contribution in [2.45, 2.75) is 6.92 Å². The molecule has 3 rings (SSSR count). The molecular formula is C13H11N5O. The van der Waals surface area contributed by atoms with Crippen molar-refractivity contribution in [3.8, 4) is 5.69 Å². The molecule has 2 heterocycles. The Balaban J connectivity index is 2.14. The number of hydrogen-bond donors (Lipinski definition) is 1. The number of nitrogen functional groups attached to an aromatic ring is 1. The molecule has 0 bridgehead atoms. The van der Waals surface area contributed by atoms with Crippen molar-refractivity contribution in [3.63, 3.8) is 0 Å². The van der Waals surface area contributed by atoms with Crippen molar-refractivity contribution in [1.29, 1.82) is 0 Å². The first-order chi connectivity index (χ1) is 9.16. The molecule has 0 radical (unpaired) electrons. The van der Waals surface area contributed by atoms with Crippen molar-refractivity contribution < 1.29 is 4.79 Å².